The summed E-state index contributed by atoms with van der Waals surface area (Å²) in [6.45, 7) is 3.83. The molecule has 0 saturated heterocycles. The lowest BCUT2D eigenvalue weighted by Crippen LogP contribution is -2.35. The molecule has 0 spiro atoms. The summed E-state index contributed by atoms with van der Waals surface area (Å²) in [7, 11) is 3.42. The Morgan fingerprint density at radius 2 is 1.95 bits per heavy atom. The first-order valence-corrected chi connectivity index (χ1v) is 6.75. The molecule has 0 aliphatic rings. The second-order valence-electron chi connectivity index (χ2n) is 5.11. The Labute approximate surface area is 132 Å². The number of halogens is 1. The van der Waals surface area contributed by atoms with Gasteiger partial charge < -0.3 is 16.0 Å². The van der Waals surface area contributed by atoms with E-state index in [2.05, 4.69) is 5.32 Å². The van der Waals surface area contributed by atoms with Gasteiger partial charge in [0.2, 0.25) is 5.91 Å². The minimum Gasteiger partial charge on any atom is -0.345 e. The lowest BCUT2D eigenvalue weighted by molar-refractivity contribution is -0.117. The number of nitrogens with one attached hydrogen (secondary N) is 1. The van der Waals surface area contributed by atoms with Crippen molar-refractivity contribution in [3.05, 3.63) is 29.3 Å². The van der Waals surface area contributed by atoms with Crippen LogP contribution < -0.4 is 11.1 Å². The van der Waals surface area contributed by atoms with Gasteiger partial charge in [0.25, 0.3) is 5.91 Å². The van der Waals surface area contributed by atoms with E-state index < -0.39 is 6.04 Å². The number of anilines is 1. The molecular weight excluding hydrogens is 290 g/mol. The first-order valence-electron chi connectivity index (χ1n) is 6.75. The largest absolute Gasteiger partial charge is 0.345 e. The highest BCUT2D eigenvalue weighted by molar-refractivity contribution is 5.98. The molecule has 3 N–H and O–H groups in total. The van der Waals surface area contributed by atoms with Gasteiger partial charge in [0.15, 0.2) is 0 Å². The van der Waals surface area contributed by atoms with E-state index in [1.54, 1.807) is 32.3 Å². The Bertz CT molecular complexity index is 504. The number of hydrogen-bond acceptors (Lipinski definition) is 3. The maximum absolute atomic E-state index is 11.9. The van der Waals surface area contributed by atoms with Gasteiger partial charge in [-0.2, -0.15) is 0 Å². The second-order valence-corrected chi connectivity index (χ2v) is 5.11. The van der Waals surface area contributed by atoms with E-state index in [-0.39, 0.29) is 24.2 Å². The summed E-state index contributed by atoms with van der Waals surface area (Å²) in [6, 6.07) is 4.73. The van der Waals surface area contributed by atoms with Gasteiger partial charge in [0.1, 0.15) is 0 Å². The van der Waals surface area contributed by atoms with E-state index in [9.17, 15) is 9.59 Å². The number of carbonyl (C=O) groups is 2. The van der Waals surface area contributed by atoms with Crippen LogP contribution in [-0.2, 0) is 4.79 Å². The van der Waals surface area contributed by atoms with Crippen molar-refractivity contribution in [2.24, 2.45) is 5.73 Å². The summed E-state index contributed by atoms with van der Waals surface area (Å²) in [5, 5.41) is 2.77. The highest BCUT2D eigenvalue weighted by atomic mass is 35.5. The molecule has 6 heteroatoms. The Kier molecular flexibility index (Phi) is 7.99. The molecular formula is C15H24ClN3O2. The fraction of sp³-hybridized carbons (Fsp3) is 0.467. The van der Waals surface area contributed by atoms with Crippen molar-refractivity contribution in [1.82, 2.24) is 4.90 Å². The van der Waals surface area contributed by atoms with Gasteiger partial charge in [-0.15, -0.1) is 12.4 Å². The van der Waals surface area contributed by atoms with Crippen molar-refractivity contribution < 1.29 is 9.59 Å². The molecule has 5 nitrogen and oxygen atoms in total. The number of amides is 2. The van der Waals surface area contributed by atoms with Gasteiger partial charge in [-0.1, -0.05) is 13.3 Å². The van der Waals surface area contributed by atoms with E-state index in [0.717, 1.165) is 12.0 Å². The van der Waals surface area contributed by atoms with Crippen molar-refractivity contribution in [2.75, 3.05) is 19.4 Å². The summed E-state index contributed by atoms with van der Waals surface area (Å²) in [6.07, 6.45) is 1.52. The Morgan fingerprint density at radius 3 is 2.43 bits per heavy atom. The Balaban J connectivity index is 0.00000400. The first-order chi connectivity index (χ1) is 9.36. The van der Waals surface area contributed by atoms with E-state index >= 15 is 0 Å². The third-order valence-electron chi connectivity index (χ3n) is 3.07. The van der Waals surface area contributed by atoms with Crippen molar-refractivity contribution in [2.45, 2.75) is 32.7 Å². The van der Waals surface area contributed by atoms with Gasteiger partial charge in [-0.05, 0) is 37.1 Å². The maximum atomic E-state index is 11.9. The fourth-order valence-electron chi connectivity index (χ4n) is 1.90. The van der Waals surface area contributed by atoms with Crippen molar-refractivity contribution in [3.63, 3.8) is 0 Å². The molecule has 0 aromatic heterocycles. The SMILES string of the molecule is CCCC(N)C(=O)Nc1ccc(C(=O)N(C)C)c(C)c1.Cl. The minimum atomic E-state index is -0.497. The van der Waals surface area contributed by atoms with Crippen molar-refractivity contribution >= 4 is 29.9 Å². The smallest absolute Gasteiger partial charge is 0.253 e. The van der Waals surface area contributed by atoms with Crippen molar-refractivity contribution in [1.29, 1.82) is 0 Å². The zero-order valence-electron chi connectivity index (χ0n) is 13.0. The summed E-state index contributed by atoms with van der Waals surface area (Å²) in [4.78, 5) is 25.3. The number of carbonyl (C=O) groups excluding carboxylic acids is 2. The molecule has 1 aromatic carbocycles. The zero-order chi connectivity index (χ0) is 15.3. The average Bonchev–Trinajstić information content (AvgIpc) is 2.38. The highest BCUT2D eigenvalue weighted by Crippen LogP contribution is 2.16. The lowest BCUT2D eigenvalue weighted by Gasteiger charge is -2.15. The number of nitrogens with zero attached hydrogens (tertiary/aromatic N) is 1. The molecule has 118 valence electrons. The van der Waals surface area contributed by atoms with E-state index in [1.165, 1.54) is 4.90 Å². The Hall–Kier alpha value is -1.59. The second kappa shape index (κ2) is 8.64. The predicted octanol–water partition coefficient (Wildman–Crippen LogP) is 2.18. The predicted molar refractivity (Wildman–Crippen MR) is 88.0 cm³/mol. The number of benzene rings is 1. The van der Waals surface area contributed by atoms with Gasteiger partial charge in [-0.3, -0.25) is 9.59 Å². The molecule has 0 heterocycles. The number of rotatable bonds is 5. The Morgan fingerprint density at radius 1 is 1.33 bits per heavy atom. The summed E-state index contributed by atoms with van der Waals surface area (Å²) >= 11 is 0. The monoisotopic (exact) mass is 313 g/mol. The van der Waals surface area contributed by atoms with Crippen LogP contribution in [-0.4, -0.2) is 36.9 Å². The summed E-state index contributed by atoms with van der Waals surface area (Å²) < 4.78 is 0. The van der Waals surface area contributed by atoms with Crippen LogP contribution in [0.2, 0.25) is 0 Å². The standard InChI is InChI=1S/C15H23N3O2.ClH/c1-5-6-13(16)14(19)17-11-7-8-12(10(2)9-11)15(20)18(3)4;/h7-9,13H,5-6,16H2,1-4H3,(H,17,19);1H. The summed E-state index contributed by atoms with van der Waals surface area (Å²) in [5.41, 5.74) is 7.88. The molecule has 0 aliphatic heterocycles. The van der Waals surface area contributed by atoms with Crippen LogP contribution in [0.5, 0.6) is 0 Å². The van der Waals surface area contributed by atoms with Crippen LogP contribution in [0, 0.1) is 6.92 Å². The molecule has 0 aliphatic carbocycles. The lowest BCUT2D eigenvalue weighted by atomic mass is 10.1. The molecule has 2 amide bonds. The highest BCUT2D eigenvalue weighted by Gasteiger charge is 2.14. The summed E-state index contributed by atoms with van der Waals surface area (Å²) in [5.74, 6) is -0.249. The van der Waals surface area contributed by atoms with Crippen LogP contribution >= 0.6 is 12.4 Å². The van der Waals surface area contributed by atoms with Crippen molar-refractivity contribution in [3.8, 4) is 0 Å². The van der Waals surface area contributed by atoms with E-state index in [1.807, 2.05) is 13.8 Å². The number of aryl methyl sites for hydroxylation is 1. The number of nitrogens with two attached hydrogens (primary N) is 1. The zero-order valence-corrected chi connectivity index (χ0v) is 13.8. The molecule has 1 rings (SSSR count). The van der Waals surface area contributed by atoms with Gasteiger partial charge >= 0.3 is 0 Å². The molecule has 1 atom stereocenters. The molecule has 0 fully saturated rings. The van der Waals surface area contributed by atoms with E-state index in [0.29, 0.717) is 17.7 Å². The van der Waals surface area contributed by atoms with Crippen LogP contribution in [0.3, 0.4) is 0 Å². The van der Waals surface area contributed by atoms with Crippen LogP contribution in [0.15, 0.2) is 18.2 Å². The molecule has 1 unspecified atom stereocenters. The normalized spacial score (nSPS) is 11.3. The minimum absolute atomic E-state index is 0. The molecule has 0 saturated carbocycles. The van der Waals surface area contributed by atoms with Gasteiger partial charge in [-0.25, -0.2) is 0 Å². The van der Waals surface area contributed by atoms with Gasteiger partial charge in [0, 0.05) is 25.3 Å². The quantitative estimate of drug-likeness (QED) is 0.875. The van der Waals surface area contributed by atoms with Crippen LogP contribution in [0.4, 0.5) is 5.69 Å². The van der Waals surface area contributed by atoms with Gasteiger partial charge in [0.05, 0.1) is 6.04 Å². The topological polar surface area (TPSA) is 75.4 Å². The van der Waals surface area contributed by atoms with Crippen LogP contribution in [0.1, 0.15) is 35.7 Å². The van der Waals surface area contributed by atoms with Crippen LogP contribution in [0.25, 0.3) is 0 Å². The number of hydrogen-bond donors (Lipinski definition) is 2. The molecule has 0 radical (unpaired) electrons. The first kappa shape index (κ1) is 19.4. The fourth-order valence-corrected chi connectivity index (χ4v) is 1.90. The van der Waals surface area contributed by atoms with E-state index in [4.69, 9.17) is 5.73 Å². The molecule has 21 heavy (non-hydrogen) atoms. The maximum Gasteiger partial charge on any atom is 0.253 e. The molecule has 0 bridgehead atoms. The average molecular weight is 314 g/mol. The molecule has 1 aromatic rings. The third kappa shape index (κ3) is 5.36. The third-order valence-corrected chi connectivity index (χ3v) is 3.07.